The fourth-order valence-corrected chi connectivity index (χ4v) is 2.52. The van der Waals surface area contributed by atoms with Crippen molar-refractivity contribution in [3.8, 4) is 0 Å². The maximum Gasteiger partial charge on any atom is 0.0660 e. The van der Waals surface area contributed by atoms with Crippen molar-refractivity contribution >= 4 is 0 Å². The Bertz CT molecular complexity index is 338. The van der Waals surface area contributed by atoms with E-state index < -0.39 is 0 Å². The Kier molecular flexibility index (Phi) is 2.14. The molecule has 1 aromatic heterocycles. The molecular formula is C11H19N3. The Labute approximate surface area is 85.3 Å². The van der Waals surface area contributed by atoms with Crippen molar-refractivity contribution in [2.75, 3.05) is 6.54 Å². The molecule has 0 saturated carbocycles. The standard InChI is InChI=1S/C11H19N3/c1-11(2)5-4-10-8(9(11)6-12)7-14(3)13-10/h7,9H,4-6,12H2,1-3H3. The lowest BCUT2D eigenvalue weighted by Crippen LogP contribution is -2.32. The number of nitrogens with zero attached hydrogens (tertiary/aromatic N) is 2. The molecular weight excluding hydrogens is 174 g/mol. The van der Waals surface area contributed by atoms with Crippen LogP contribution >= 0.6 is 0 Å². The second-order valence-corrected chi connectivity index (χ2v) is 4.98. The highest BCUT2D eigenvalue weighted by Crippen LogP contribution is 2.43. The molecule has 0 radical (unpaired) electrons. The number of aromatic nitrogens is 2. The van der Waals surface area contributed by atoms with Gasteiger partial charge in [0, 0.05) is 19.2 Å². The van der Waals surface area contributed by atoms with E-state index in [-0.39, 0.29) is 0 Å². The minimum atomic E-state index is 0.324. The van der Waals surface area contributed by atoms with E-state index in [4.69, 9.17) is 5.73 Å². The first-order chi connectivity index (χ1) is 6.54. The average molecular weight is 193 g/mol. The van der Waals surface area contributed by atoms with Crippen LogP contribution in [0.15, 0.2) is 6.20 Å². The lowest BCUT2D eigenvalue weighted by atomic mass is 9.68. The lowest BCUT2D eigenvalue weighted by molar-refractivity contribution is 0.248. The quantitative estimate of drug-likeness (QED) is 0.733. The first kappa shape index (κ1) is 9.71. The SMILES string of the molecule is Cn1cc2c(n1)CCC(C)(C)C2CN. The van der Waals surface area contributed by atoms with Gasteiger partial charge in [0.15, 0.2) is 0 Å². The summed E-state index contributed by atoms with van der Waals surface area (Å²) in [5, 5.41) is 4.48. The number of hydrogen-bond donors (Lipinski definition) is 1. The molecule has 2 rings (SSSR count). The molecule has 0 aliphatic heterocycles. The smallest absolute Gasteiger partial charge is 0.0660 e. The molecule has 1 aliphatic rings. The van der Waals surface area contributed by atoms with Crippen molar-refractivity contribution < 1.29 is 0 Å². The summed E-state index contributed by atoms with van der Waals surface area (Å²) < 4.78 is 1.91. The third-order valence-electron chi connectivity index (χ3n) is 3.50. The van der Waals surface area contributed by atoms with Crippen molar-refractivity contribution in [3.63, 3.8) is 0 Å². The van der Waals surface area contributed by atoms with Gasteiger partial charge in [-0.25, -0.2) is 0 Å². The van der Waals surface area contributed by atoms with Crippen LogP contribution in [0.3, 0.4) is 0 Å². The summed E-state index contributed by atoms with van der Waals surface area (Å²) in [6.07, 6.45) is 4.42. The molecule has 3 nitrogen and oxygen atoms in total. The van der Waals surface area contributed by atoms with Crippen LogP contribution in [0, 0.1) is 5.41 Å². The van der Waals surface area contributed by atoms with Gasteiger partial charge in [0.25, 0.3) is 0 Å². The number of fused-ring (bicyclic) bond motifs is 1. The van der Waals surface area contributed by atoms with Gasteiger partial charge in [-0.1, -0.05) is 13.8 Å². The average Bonchev–Trinajstić information content (AvgIpc) is 2.44. The third kappa shape index (κ3) is 1.36. The van der Waals surface area contributed by atoms with E-state index >= 15 is 0 Å². The van der Waals surface area contributed by atoms with E-state index in [1.807, 2.05) is 11.7 Å². The lowest BCUT2D eigenvalue weighted by Gasteiger charge is -2.37. The molecule has 78 valence electrons. The fourth-order valence-electron chi connectivity index (χ4n) is 2.52. The van der Waals surface area contributed by atoms with Crippen molar-refractivity contribution in [2.24, 2.45) is 18.2 Å². The Morgan fingerprint density at radius 1 is 1.64 bits per heavy atom. The molecule has 0 saturated heterocycles. The Morgan fingerprint density at radius 2 is 2.36 bits per heavy atom. The van der Waals surface area contributed by atoms with Gasteiger partial charge in [-0.2, -0.15) is 5.10 Å². The summed E-state index contributed by atoms with van der Waals surface area (Å²) in [6.45, 7) is 5.34. The van der Waals surface area contributed by atoms with Crippen molar-refractivity contribution in [1.82, 2.24) is 9.78 Å². The van der Waals surface area contributed by atoms with E-state index in [0.717, 1.165) is 13.0 Å². The molecule has 0 amide bonds. The van der Waals surface area contributed by atoms with Crippen LogP contribution in [0.2, 0.25) is 0 Å². The largest absolute Gasteiger partial charge is 0.330 e. The van der Waals surface area contributed by atoms with E-state index in [0.29, 0.717) is 11.3 Å². The Balaban J connectivity index is 2.44. The van der Waals surface area contributed by atoms with Gasteiger partial charge in [-0.05, 0) is 30.4 Å². The highest BCUT2D eigenvalue weighted by atomic mass is 15.3. The van der Waals surface area contributed by atoms with Crippen LogP contribution in [-0.4, -0.2) is 16.3 Å². The molecule has 1 unspecified atom stereocenters. The van der Waals surface area contributed by atoms with Crippen LogP contribution in [0.1, 0.15) is 37.4 Å². The predicted molar refractivity (Wildman–Crippen MR) is 57.1 cm³/mol. The van der Waals surface area contributed by atoms with E-state index in [9.17, 15) is 0 Å². The van der Waals surface area contributed by atoms with Crippen LogP contribution in [0.25, 0.3) is 0 Å². The van der Waals surface area contributed by atoms with E-state index in [1.165, 1.54) is 17.7 Å². The Morgan fingerprint density at radius 3 is 3.00 bits per heavy atom. The van der Waals surface area contributed by atoms with Crippen LogP contribution in [0.4, 0.5) is 0 Å². The van der Waals surface area contributed by atoms with Gasteiger partial charge in [0.05, 0.1) is 5.69 Å². The minimum Gasteiger partial charge on any atom is -0.330 e. The van der Waals surface area contributed by atoms with Crippen LogP contribution in [-0.2, 0) is 13.5 Å². The zero-order valence-electron chi connectivity index (χ0n) is 9.25. The van der Waals surface area contributed by atoms with Crippen LogP contribution < -0.4 is 5.73 Å². The number of rotatable bonds is 1. The Hall–Kier alpha value is -0.830. The van der Waals surface area contributed by atoms with Gasteiger partial charge in [0.1, 0.15) is 0 Å². The topological polar surface area (TPSA) is 43.8 Å². The monoisotopic (exact) mass is 193 g/mol. The zero-order chi connectivity index (χ0) is 10.3. The molecule has 1 heterocycles. The molecule has 1 aromatic rings. The zero-order valence-corrected chi connectivity index (χ0v) is 9.25. The molecule has 2 N–H and O–H groups in total. The number of hydrogen-bond acceptors (Lipinski definition) is 2. The third-order valence-corrected chi connectivity index (χ3v) is 3.50. The highest BCUT2D eigenvalue weighted by molar-refractivity contribution is 5.28. The normalized spacial score (nSPS) is 24.7. The number of nitrogens with two attached hydrogens (primary N) is 1. The van der Waals surface area contributed by atoms with Crippen LogP contribution in [0.5, 0.6) is 0 Å². The molecule has 0 fully saturated rings. The molecule has 3 heteroatoms. The van der Waals surface area contributed by atoms with Gasteiger partial charge in [-0.15, -0.1) is 0 Å². The van der Waals surface area contributed by atoms with E-state index in [2.05, 4.69) is 25.1 Å². The molecule has 1 aliphatic carbocycles. The van der Waals surface area contributed by atoms with E-state index in [1.54, 1.807) is 0 Å². The summed E-state index contributed by atoms with van der Waals surface area (Å²) in [6, 6.07) is 0. The highest BCUT2D eigenvalue weighted by Gasteiger charge is 2.36. The number of aryl methyl sites for hydroxylation is 2. The van der Waals surface area contributed by atoms with Gasteiger partial charge in [-0.3, -0.25) is 4.68 Å². The minimum absolute atomic E-state index is 0.324. The predicted octanol–water partition coefficient (Wildman–Crippen LogP) is 1.43. The van der Waals surface area contributed by atoms with Crippen molar-refractivity contribution in [3.05, 3.63) is 17.5 Å². The fraction of sp³-hybridized carbons (Fsp3) is 0.727. The van der Waals surface area contributed by atoms with Gasteiger partial charge >= 0.3 is 0 Å². The molecule has 0 bridgehead atoms. The maximum atomic E-state index is 5.87. The summed E-state index contributed by atoms with van der Waals surface area (Å²) in [4.78, 5) is 0. The van der Waals surface area contributed by atoms with Crippen molar-refractivity contribution in [2.45, 2.75) is 32.6 Å². The summed E-state index contributed by atoms with van der Waals surface area (Å²) in [5.41, 5.74) is 8.81. The van der Waals surface area contributed by atoms with Gasteiger partial charge < -0.3 is 5.73 Å². The second kappa shape index (κ2) is 3.09. The van der Waals surface area contributed by atoms with Gasteiger partial charge in [0.2, 0.25) is 0 Å². The summed E-state index contributed by atoms with van der Waals surface area (Å²) >= 11 is 0. The first-order valence-corrected chi connectivity index (χ1v) is 5.27. The molecule has 0 aromatic carbocycles. The summed E-state index contributed by atoms with van der Waals surface area (Å²) in [7, 11) is 1.99. The second-order valence-electron chi connectivity index (χ2n) is 4.98. The first-order valence-electron chi connectivity index (χ1n) is 5.27. The maximum absolute atomic E-state index is 5.87. The molecule has 0 spiro atoms. The summed E-state index contributed by atoms with van der Waals surface area (Å²) in [5.74, 6) is 0.472. The molecule has 1 atom stereocenters. The molecule has 14 heavy (non-hydrogen) atoms. The van der Waals surface area contributed by atoms with Crippen molar-refractivity contribution in [1.29, 1.82) is 0 Å².